The molecule has 2 rings (SSSR count). The lowest BCUT2D eigenvalue weighted by molar-refractivity contribution is 1.09. The number of fused-ring (bicyclic) bond motifs is 1. The van der Waals surface area contributed by atoms with Crippen LogP contribution >= 0.6 is 22.6 Å². The minimum absolute atomic E-state index is 0.877. The largest absolute Gasteiger partial charge is 0.344 e. The molecule has 4 heteroatoms. The summed E-state index contributed by atoms with van der Waals surface area (Å²) < 4.78 is 1.12. The average Bonchev–Trinajstić information content (AvgIpc) is 2.35. The fraction of sp³-hybridized carbons (Fsp3) is 0.250. The van der Waals surface area contributed by atoms with Crippen molar-refractivity contribution in [3.8, 4) is 0 Å². The van der Waals surface area contributed by atoms with E-state index in [-0.39, 0.29) is 0 Å². The zero-order valence-electron chi connectivity index (χ0n) is 6.85. The zero-order chi connectivity index (χ0) is 8.72. The molecule has 0 atom stereocenters. The molecule has 0 aromatic carbocycles. The molecule has 0 amide bonds. The Balaban J connectivity index is 2.87. The van der Waals surface area contributed by atoms with Crippen molar-refractivity contribution in [3.05, 3.63) is 21.2 Å². The number of hydrogen-bond acceptors (Lipinski definition) is 2. The van der Waals surface area contributed by atoms with Crippen LogP contribution in [0.4, 0.5) is 0 Å². The summed E-state index contributed by atoms with van der Waals surface area (Å²) in [4.78, 5) is 11.9. The third kappa shape index (κ3) is 1.10. The quantitative estimate of drug-likeness (QED) is 0.747. The number of nitrogens with zero attached hydrogens (tertiary/aromatic N) is 2. The van der Waals surface area contributed by atoms with Crippen LogP contribution in [0.3, 0.4) is 0 Å². The smallest absolute Gasteiger partial charge is 0.157 e. The summed E-state index contributed by atoms with van der Waals surface area (Å²) in [5.74, 6) is 0. The fourth-order valence-electron chi connectivity index (χ4n) is 1.07. The van der Waals surface area contributed by atoms with Crippen molar-refractivity contribution >= 4 is 33.8 Å². The summed E-state index contributed by atoms with van der Waals surface area (Å²) in [7, 11) is 0. The van der Waals surface area contributed by atoms with Gasteiger partial charge in [0.2, 0.25) is 0 Å². The van der Waals surface area contributed by atoms with E-state index < -0.39 is 0 Å². The van der Waals surface area contributed by atoms with Gasteiger partial charge < -0.3 is 4.98 Å². The monoisotopic (exact) mass is 273 g/mol. The van der Waals surface area contributed by atoms with Gasteiger partial charge in [-0.15, -0.1) is 0 Å². The van der Waals surface area contributed by atoms with E-state index in [1.165, 1.54) is 0 Å². The highest BCUT2D eigenvalue weighted by molar-refractivity contribution is 14.1. The number of aromatic amines is 1. The van der Waals surface area contributed by atoms with Crippen molar-refractivity contribution < 1.29 is 0 Å². The van der Waals surface area contributed by atoms with Crippen LogP contribution in [0, 0.1) is 17.4 Å². The molecule has 0 unspecified atom stereocenters. The number of rotatable bonds is 0. The molecule has 0 saturated heterocycles. The molecule has 0 radical (unpaired) electrons. The Kier molecular flexibility index (Phi) is 1.79. The molecule has 0 aliphatic rings. The Labute approximate surface area is 83.8 Å². The highest BCUT2D eigenvalue weighted by atomic mass is 127. The third-order valence-corrected chi connectivity index (χ3v) is 2.69. The topological polar surface area (TPSA) is 41.6 Å². The Morgan fingerprint density at radius 1 is 1.25 bits per heavy atom. The van der Waals surface area contributed by atoms with Crippen LogP contribution in [-0.2, 0) is 0 Å². The minimum atomic E-state index is 0.877. The first-order valence-electron chi connectivity index (χ1n) is 3.66. The van der Waals surface area contributed by atoms with E-state index in [0.717, 1.165) is 26.1 Å². The second-order valence-electron chi connectivity index (χ2n) is 2.73. The Morgan fingerprint density at radius 2 is 1.92 bits per heavy atom. The summed E-state index contributed by atoms with van der Waals surface area (Å²) in [5.41, 5.74) is 3.84. The molecule has 3 nitrogen and oxygen atoms in total. The molecular formula is C8H8IN3. The second-order valence-corrected chi connectivity index (χ2v) is 3.89. The van der Waals surface area contributed by atoms with Crippen molar-refractivity contribution in [2.24, 2.45) is 0 Å². The number of aryl methyl sites for hydroxylation is 2. The molecule has 1 N–H and O–H groups in total. The van der Waals surface area contributed by atoms with E-state index in [1.807, 2.05) is 20.0 Å². The Bertz CT molecular complexity index is 433. The van der Waals surface area contributed by atoms with Crippen molar-refractivity contribution in [2.45, 2.75) is 13.8 Å². The van der Waals surface area contributed by atoms with E-state index in [0.29, 0.717) is 0 Å². The van der Waals surface area contributed by atoms with Crippen LogP contribution in [0.15, 0.2) is 6.20 Å². The summed E-state index contributed by atoms with van der Waals surface area (Å²) >= 11 is 2.25. The minimum Gasteiger partial charge on any atom is -0.344 e. The summed E-state index contributed by atoms with van der Waals surface area (Å²) in [6.45, 7) is 3.94. The van der Waals surface area contributed by atoms with Gasteiger partial charge in [0.1, 0.15) is 5.52 Å². The van der Waals surface area contributed by atoms with Gasteiger partial charge in [-0.2, -0.15) is 0 Å². The van der Waals surface area contributed by atoms with Crippen LogP contribution in [0.1, 0.15) is 11.4 Å². The first-order chi connectivity index (χ1) is 5.68. The van der Waals surface area contributed by atoms with Crippen LogP contribution in [0.5, 0.6) is 0 Å². The van der Waals surface area contributed by atoms with Crippen LogP contribution < -0.4 is 0 Å². The van der Waals surface area contributed by atoms with Crippen molar-refractivity contribution in [3.63, 3.8) is 0 Å². The summed E-state index contributed by atoms with van der Waals surface area (Å²) in [5, 5.41) is 0. The predicted molar refractivity (Wildman–Crippen MR) is 56.1 cm³/mol. The first kappa shape index (κ1) is 7.97. The molecule has 62 valence electrons. The van der Waals surface area contributed by atoms with Gasteiger partial charge in [-0.1, -0.05) is 0 Å². The van der Waals surface area contributed by atoms with Gasteiger partial charge in [-0.25, -0.2) is 9.97 Å². The maximum absolute atomic E-state index is 4.43. The molecule has 0 fully saturated rings. The maximum Gasteiger partial charge on any atom is 0.157 e. The molecule has 12 heavy (non-hydrogen) atoms. The van der Waals surface area contributed by atoms with Crippen LogP contribution in [0.2, 0.25) is 0 Å². The van der Waals surface area contributed by atoms with Gasteiger partial charge in [0.05, 0.1) is 15.0 Å². The maximum atomic E-state index is 4.43. The summed E-state index contributed by atoms with van der Waals surface area (Å²) in [6, 6.07) is 0. The number of nitrogens with one attached hydrogen (secondary N) is 1. The molecular weight excluding hydrogens is 265 g/mol. The molecule has 0 saturated carbocycles. The van der Waals surface area contributed by atoms with Crippen molar-refractivity contribution in [1.29, 1.82) is 0 Å². The second kappa shape index (κ2) is 2.69. The van der Waals surface area contributed by atoms with Gasteiger partial charge in [-0.05, 0) is 36.4 Å². The molecule has 2 aromatic rings. The Hall–Kier alpha value is -0.650. The third-order valence-electron chi connectivity index (χ3n) is 1.87. The lowest BCUT2D eigenvalue weighted by Gasteiger charge is -1.97. The fourth-order valence-corrected chi connectivity index (χ4v) is 1.60. The molecule has 0 aliphatic heterocycles. The number of H-pyrrole nitrogens is 1. The van der Waals surface area contributed by atoms with Gasteiger partial charge in [0, 0.05) is 6.20 Å². The zero-order valence-corrected chi connectivity index (χ0v) is 9.01. The lowest BCUT2D eigenvalue weighted by atomic mass is 10.3. The Morgan fingerprint density at radius 3 is 2.67 bits per heavy atom. The van der Waals surface area contributed by atoms with E-state index in [4.69, 9.17) is 0 Å². The van der Waals surface area contributed by atoms with Crippen LogP contribution in [0.25, 0.3) is 11.2 Å². The molecule has 0 aliphatic carbocycles. The molecule has 0 spiro atoms. The van der Waals surface area contributed by atoms with Gasteiger partial charge >= 0.3 is 0 Å². The van der Waals surface area contributed by atoms with Crippen molar-refractivity contribution in [1.82, 2.24) is 15.0 Å². The van der Waals surface area contributed by atoms with E-state index >= 15 is 0 Å². The summed E-state index contributed by atoms with van der Waals surface area (Å²) in [6.07, 6.45) is 1.92. The number of hydrogen-bond donors (Lipinski definition) is 1. The molecule has 0 bridgehead atoms. The lowest BCUT2D eigenvalue weighted by Crippen LogP contribution is -1.91. The SMILES string of the molecule is Cc1nc2[nH]cc(I)c2nc1C. The number of halogens is 1. The van der Waals surface area contributed by atoms with E-state index in [2.05, 4.69) is 37.5 Å². The van der Waals surface area contributed by atoms with E-state index in [1.54, 1.807) is 0 Å². The van der Waals surface area contributed by atoms with Gasteiger partial charge in [0.15, 0.2) is 5.65 Å². The predicted octanol–water partition coefficient (Wildman–Crippen LogP) is 2.18. The van der Waals surface area contributed by atoms with Gasteiger partial charge in [-0.3, -0.25) is 0 Å². The average molecular weight is 273 g/mol. The van der Waals surface area contributed by atoms with Crippen molar-refractivity contribution in [2.75, 3.05) is 0 Å². The highest BCUT2D eigenvalue weighted by Gasteiger charge is 2.05. The molecule has 2 heterocycles. The first-order valence-corrected chi connectivity index (χ1v) is 4.74. The highest BCUT2D eigenvalue weighted by Crippen LogP contribution is 2.17. The van der Waals surface area contributed by atoms with E-state index in [9.17, 15) is 0 Å². The van der Waals surface area contributed by atoms with Gasteiger partial charge in [0.25, 0.3) is 0 Å². The van der Waals surface area contributed by atoms with Crippen LogP contribution in [-0.4, -0.2) is 15.0 Å². The molecule has 2 aromatic heterocycles. The normalized spacial score (nSPS) is 10.9. The number of aromatic nitrogens is 3. The standard InChI is InChI=1S/C8H8IN3/c1-4-5(2)12-8-7(11-4)6(9)3-10-8/h3H,1-2H3,(H,10,12).